The van der Waals surface area contributed by atoms with Gasteiger partial charge in [0.15, 0.2) is 5.82 Å². The molecule has 6 nitrogen and oxygen atoms in total. The molecular weight excluding hydrogens is 324 g/mol. The molecule has 0 saturated heterocycles. The van der Waals surface area contributed by atoms with Crippen molar-refractivity contribution in [3.8, 4) is 0 Å². The fourth-order valence-electron chi connectivity index (χ4n) is 1.70. The predicted molar refractivity (Wildman–Crippen MR) is 88.8 cm³/mol. The molecule has 2 rings (SSSR count). The van der Waals surface area contributed by atoms with Crippen molar-refractivity contribution in [3.05, 3.63) is 47.0 Å². The molecule has 0 aliphatic carbocycles. The van der Waals surface area contributed by atoms with Gasteiger partial charge in [-0.2, -0.15) is 0 Å². The average molecular weight is 341 g/mol. The van der Waals surface area contributed by atoms with Gasteiger partial charge in [0.1, 0.15) is 5.82 Å². The molecule has 118 valence electrons. The van der Waals surface area contributed by atoms with Gasteiger partial charge in [-0.25, -0.2) is 8.42 Å². The lowest BCUT2D eigenvalue weighted by molar-refractivity contribution is 0.602. The van der Waals surface area contributed by atoms with Gasteiger partial charge in [0.25, 0.3) is 0 Å². The number of aromatic nitrogens is 2. The Hall–Kier alpha value is -1.86. The normalized spacial score (nSPS) is 11.2. The largest absolute Gasteiger partial charge is 0.368 e. The summed E-state index contributed by atoms with van der Waals surface area (Å²) in [6, 6.07) is 10.9. The van der Waals surface area contributed by atoms with E-state index in [1.54, 1.807) is 19.1 Å². The summed E-state index contributed by atoms with van der Waals surface area (Å²) in [6.45, 7) is 2.25. The van der Waals surface area contributed by atoms with Crippen molar-refractivity contribution < 1.29 is 8.42 Å². The van der Waals surface area contributed by atoms with Crippen LogP contribution in [0.25, 0.3) is 0 Å². The van der Waals surface area contributed by atoms with Crippen molar-refractivity contribution in [3.63, 3.8) is 0 Å². The number of halogens is 1. The minimum absolute atomic E-state index is 0.00419. The minimum atomic E-state index is -3.33. The molecule has 0 unspecified atom stereocenters. The zero-order valence-electron chi connectivity index (χ0n) is 12.1. The summed E-state index contributed by atoms with van der Waals surface area (Å²) in [6.07, 6.45) is 0.822. The Labute approximate surface area is 135 Å². The molecule has 1 aromatic carbocycles. The van der Waals surface area contributed by atoms with Crippen molar-refractivity contribution >= 4 is 33.3 Å². The van der Waals surface area contributed by atoms with E-state index < -0.39 is 10.0 Å². The number of anilines is 2. The van der Waals surface area contributed by atoms with E-state index in [2.05, 4.69) is 20.2 Å². The van der Waals surface area contributed by atoms with E-state index in [1.165, 1.54) is 0 Å². The highest BCUT2D eigenvalue weighted by atomic mass is 35.5. The van der Waals surface area contributed by atoms with Crippen LogP contribution in [-0.4, -0.2) is 30.9 Å². The topological polar surface area (TPSA) is 84.0 Å². The van der Waals surface area contributed by atoms with Crippen LogP contribution >= 0.6 is 11.6 Å². The highest BCUT2D eigenvalue weighted by molar-refractivity contribution is 7.92. The first-order valence-electron chi connectivity index (χ1n) is 6.81. The Kier molecular flexibility index (Phi) is 5.57. The third-order valence-electron chi connectivity index (χ3n) is 2.94. The van der Waals surface area contributed by atoms with Crippen LogP contribution in [-0.2, 0) is 16.4 Å². The second-order valence-corrected chi connectivity index (χ2v) is 7.06. The molecule has 0 aliphatic heterocycles. The van der Waals surface area contributed by atoms with Gasteiger partial charge in [-0.05, 0) is 43.2 Å². The van der Waals surface area contributed by atoms with E-state index in [9.17, 15) is 8.42 Å². The maximum absolute atomic E-state index is 11.4. The summed E-state index contributed by atoms with van der Waals surface area (Å²) >= 11 is 5.83. The van der Waals surface area contributed by atoms with Crippen molar-refractivity contribution in [2.75, 3.05) is 22.3 Å². The van der Waals surface area contributed by atoms with E-state index in [1.807, 2.05) is 24.3 Å². The van der Waals surface area contributed by atoms with Crippen molar-refractivity contribution in [1.82, 2.24) is 10.2 Å². The summed E-state index contributed by atoms with van der Waals surface area (Å²) in [4.78, 5) is 0. The third-order valence-corrected chi connectivity index (χ3v) is 4.47. The van der Waals surface area contributed by atoms with Gasteiger partial charge in [-0.3, -0.25) is 4.72 Å². The summed E-state index contributed by atoms with van der Waals surface area (Å²) in [5, 5.41) is 11.6. The lowest BCUT2D eigenvalue weighted by Gasteiger charge is -2.07. The fraction of sp³-hybridized carbons (Fsp3) is 0.286. The molecule has 2 N–H and O–H groups in total. The van der Waals surface area contributed by atoms with Gasteiger partial charge < -0.3 is 5.32 Å². The Bertz CT molecular complexity index is 703. The van der Waals surface area contributed by atoms with E-state index in [4.69, 9.17) is 11.6 Å². The van der Waals surface area contributed by atoms with Gasteiger partial charge in [0.2, 0.25) is 10.0 Å². The van der Waals surface area contributed by atoms with Crippen molar-refractivity contribution in [2.24, 2.45) is 0 Å². The molecule has 0 bridgehead atoms. The summed E-state index contributed by atoms with van der Waals surface area (Å²) in [5.41, 5.74) is 1.16. The summed E-state index contributed by atoms with van der Waals surface area (Å²) < 4.78 is 25.1. The monoisotopic (exact) mass is 340 g/mol. The summed E-state index contributed by atoms with van der Waals surface area (Å²) in [5.74, 6) is 0.800. The van der Waals surface area contributed by atoms with E-state index in [0.717, 1.165) is 12.0 Å². The molecule has 0 fully saturated rings. The van der Waals surface area contributed by atoms with Crippen LogP contribution in [0.15, 0.2) is 36.4 Å². The smallest absolute Gasteiger partial charge is 0.233 e. The molecule has 1 heterocycles. The maximum Gasteiger partial charge on any atom is 0.233 e. The highest BCUT2D eigenvalue weighted by Crippen LogP contribution is 2.11. The lowest BCUT2D eigenvalue weighted by atomic mass is 10.1. The van der Waals surface area contributed by atoms with Crippen LogP contribution in [0, 0.1) is 0 Å². The summed E-state index contributed by atoms with van der Waals surface area (Å²) in [7, 11) is -3.33. The van der Waals surface area contributed by atoms with Gasteiger partial charge in [-0.15, -0.1) is 10.2 Å². The van der Waals surface area contributed by atoms with E-state index in [-0.39, 0.29) is 11.6 Å². The maximum atomic E-state index is 11.4. The van der Waals surface area contributed by atoms with Crippen LogP contribution in [0.2, 0.25) is 5.02 Å². The first kappa shape index (κ1) is 16.5. The Morgan fingerprint density at radius 3 is 2.27 bits per heavy atom. The van der Waals surface area contributed by atoms with Gasteiger partial charge >= 0.3 is 0 Å². The molecule has 2 aromatic rings. The Balaban J connectivity index is 1.85. The predicted octanol–water partition coefficient (Wildman–Crippen LogP) is 2.55. The SMILES string of the molecule is CCS(=O)(=O)Nc1ccc(NCCc2ccc(Cl)cc2)nn1. The second kappa shape index (κ2) is 7.42. The molecule has 0 radical (unpaired) electrons. The number of hydrogen-bond donors (Lipinski definition) is 2. The minimum Gasteiger partial charge on any atom is -0.368 e. The van der Waals surface area contributed by atoms with Gasteiger partial charge in [0, 0.05) is 11.6 Å². The third kappa shape index (κ3) is 5.16. The molecule has 0 saturated carbocycles. The first-order valence-corrected chi connectivity index (χ1v) is 8.84. The van der Waals surface area contributed by atoms with Crippen LogP contribution in [0.3, 0.4) is 0 Å². The van der Waals surface area contributed by atoms with Crippen molar-refractivity contribution in [1.29, 1.82) is 0 Å². The fourth-order valence-corrected chi connectivity index (χ4v) is 2.40. The molecule has 0 atom stereocenters. The number of hydrogen-bond acceptors (Lipinski definition) is 5. The zero-order chi connectivity index (χ0) is 16.0. The molecule has 0 spiro atoms. The number of rotatable bonds is 7. The Morgan fingerprint density at radius 2 is 1.68 bits per heavy atom. The number of sulfonamides is 1. The zero-order valence-corrected chi connectivity index (χ0v) is 13.7. The van der Waals surface area contributed by atoms with Gasteiger partial charge in [0.05, 0.1) is 5.75 Å². The van der Waals surface area contributed by atoms with Gasteiger partial charge in [-0.1, -0.05) is 23.7 Å². The highest BCUT2D eigenvalue weighted by Gasteiger charge is 2.07. The standard InChI is InChI=1S/C14H17ClN4O2S/c1-2-22(20,21)19-14-8-7-13(17-18-14)16-10-9-11-3-5-12(15)6-4-11/h3-8H,2,9-10H2,1H3,(H,16,17)(H,18,19). The van der Waals surface area contributed by atoms with Crippen LogP contribution in [0.1, 0.15) is 12.5 Å². The van der Waals surface area contributed by atoms with Crippen LogP contribution in [0.5, 0.6) is 0 Å². The first-order chi connectivity index (χ1) is 10.5. The van der Waals surface area contributed by atoms with Crippen LogP contribution in [0.4, 0.5) is 11.6 Å². The molecule has 22 heavy (non-hydrogen) atoms. The number of nitrogens with one attached hydrogen (secondary N) is 2. The molecule has 0 aliphatic rings. The number of benzene rings is 1. The lowest BCUT2D eigenvalue weighted by Crippen LogP contribution is -2.16. The quantitative estimate of drug-likeness (QED) is 0.809. The van der Waals surface area contributed by atoms with E-state index in [0.29, 0.717) is 17.4 Å². The average Bonchev–Trinajstić information content (AvgIpc) is 2.51. The molecule has 8 heteroatoms. The van der Waals surface area contributed by atoms with Crippen LogP contribution < -0.4 is 10.0 Å². The molecule has 1 aromatic heterocycles. The van der Waals surface area contributed by atoms with E-state index >= 15 is 0 Å². The number of nitrogens with zero attached hydrogens (tertiary/aromatic N) is 2. The molecular formula is C14H17ClN4O2S. The Morgan fingerprint density at radius 1 is 1.05 bits per heavy atom. The second-order valence-electron chi connectivity index (χ2n) is 4.61. The van der Waals surface area contributed by atoms with Crippen molar-refractivity contribution in [2.45, 2.75) is 13.3 Å². The molecule has 0 amide bonds.